The van der Waals surface area contributed by atoms with Crippen LogP contribution in [0.5, 0.6) is 0 Å². The molecular weight excluding hydrogens is 308 g/mol. The molecule has 0 spiro atoms. The molecule has 5 nitrogen and oxygen atoms in total. The number of carbonyl (C=O) groups is 2. The monoisotopic (exact) mass is 330 g/mol. The highest BCUT2D eigenvalue weighted by Gasteiger charge is 2.17. The average molecular weight is 330 g/mol. The van der Waals surface area contributed by atoms with E-state index in [-0.39, 0.29) is 24.9 Å². The molecule has 0 saturated heterocycles. The summed E-state index contributed by atoms with van der Waals surface area (Å²) in [7, 11) is 0. The summed E-state index contributed by atoms with van der Waals surface area (Å²) in [6.07, 6.45) is 0.431. The molecule has 1 rings (SSSR count). The molecule has 0 atom stereocenters. The number of aliphatic carboxylic acids is 1. The average Bonchev–Trinajstić information content (AvgIpc) is 2.80. The standard InChI is InChI=1S/C14H22N2O3S2/c1-10(2)16(6-4-14(18)19)13(17)5-7-20-8-12-9-21-11(3)15-12/h9-10H,4-8H2,1-3H3,(H,18,19). The Morgan fingerprint density at radius 2 is 2.14 bits per heavy atom. The molecule has 1 amide bonds. The van der Waals surface area contributed by atoms with Gasteiger partial charge in [-0.25, -0.2) is 4.98 Å². The minimum Gasteiger partial charge on any atom is -0.481 e. The number of rotatable bonds is 9. The second-order valence-corrected chi connectivity index (χ2v) is 7.15. The van der Waals surface area contributed by atoms with Gasteiger partial charge in [-0.15, -0.1) is 11.3 Å². The molecule has 0 aromatic carbocycles. The molecule has 1 aromatic rings. The van der Waals surface area contributed by atoms with E-state index in [9.17, 15) is 9.59 Å². The number of aromatic nitrogens is 1. The van der Waals surface area contributed by atoms with E-state index in [2.05, 4.69) is 4.98 Å². The van der Waals surface area contributed by atoms with Crippen LogP contribution in [0.4, 0.5) is 0 Å². The van der Waals surface area contributed by atoms with Crippen LogP contribution in [0.3, 0.4) is 0 Å². The molecule has 21 heavy (non-hydrogen) atoms. The highest BCUT2D eigenvalue weighted by Crippen LogP contribution is 2.16. The molecule has 1 heterocycles. The predicted octanol–water partition coefficient (Wildman–Crippen LogP) is 2.79. The lowest BCUT2D eigenvalue weighted by Crippen LogP contribution is -2.38. The predicted molar refractivity (Wildman–Crippen MR) is 86.7 cm³/mol. The highest BCUT2D eigenvalue weighted by atomic mass is 32.2. The Bertz CT molecular complexity index is 475. The van der Waals surface area contributed by atoms with Crippen molar-refractivity contribution in [3.05, 3.63) is 16.1 Å². The Hall–Kier alpha value is -1.08. The van der Waals surface area contributed by atoms with Crippen LogP contribution in [-0.4, -0.2) is 45.2 Å². The van der Waals surface area contributed by atoms with Crippen LogP contribution in [-0.2, 0) is 15.3 Å². The van der Waals surface area contributed by atoms with Gasteiger partial charge in [-0.05, 0) is 20.8 Å². The van der Waals surface area contributed by atoms with E-state index in [0.29, 0.717) is 6.42 Å². The molecule has 0 fully saturated rings. The van der Waals surface area contributed by atoms with E-state index in [1.165, 1.54) is 0 Å². The van der Waals surface area contributed by atoms with Crippen molar-refractivity contribution in [2.24, 2.45) is 0 Å². The normalized spacial score (nSPS) is 10.9. The molecule has 0 saturated carbocycles. The van der Waals surface area contributed by atoms with Crippen molar-refractivity contribution >= 4 is 35.0 Å². The lowest BCUT2D eigenvalue weighted by molar-refractivity contribution is -0.139. The lowest BCUT2D eigenvalue weighted by Gasteiger charge is -2.26. The van der Waals surface area contributed by atoms with Crippen LogP contribution in [0.2, 0.25) is 0 Å². The van der Waals surface area contributed by atoms with Gasteiger partial charge in [0.15, 0.2) is 0 Å². The summed E-state index contributed by atoms with van der Waals surface area (Å²) in [4.78, 5) is 28.8. The Kier molecular flexibility index (Phi) is 7.74. The summed E-state index contributed by atoms with van der Waals surface area (Å²) in [5.41, 5.74) is 1.06. The summed E-state index contributed by atoms with van der Waals surface area (Å²) >= 11 is 3.31. The van der Waals surface area contributed by atoms with Crippen LogP contribution in [0.1, 0.15) is 37.4 Å². The number of carboxylic acid groups (broad SMARTS) is 1. The highest BCUT2D eigenvalue weighted by molar-refractivity contribution is 7.98. The summed E-state index contributed by atoms with van der Waals surface area (Å²) in [6.45, 7) is 6.07. The zero-order valence-corrected chi connectivity index (χ0v) is 14.3. The first-order valence-corrected chi connectivity index (χ1v) is 8.93. The Balaban J connectivity index is 2.30. The number of carbonyl (C=O) groups excluding carboxylic acids is 1. The minimum absolute atomic E-state index is 0.00480. The van der Waals surface area contributed by atoms with E-state index < -0.39 is 5.97 Å². The molecular formula is C14H22N2O3S2. The third-order valence-corrected chi connectivity index (χ3v) is 4.70. The molecule has 1 N–H and O–H groups in total. The van der Waals surface area contributed by atoms with Gasteiger partial charge in [0.25, 0.3) is 0 Å². The largest absolute Gasteiger partial charge is 0.481 e. The minimum atomic E-state index is -0.873. The number of amides is 1. The second kappa shape index (κ2) is 9.04. The quantitative estimate of drug-likeness (QED) is 0.705. The molecule has 118 valence electrons. The Morgan fingerprint density at radius 1 is 1.43 bits per heavy atom. The number of aryl methyl sites for hydroxylation is 1. The number of carboxylic acids is 1. The van der Waals surface area contributed by atoms with Gasteiger partial charge in [-0.3, -0.25) is 9.59 Å². The summed E-state index contributed by atoms with van der Waals surface area (Å²) in [5.74, 6) is 0.690. The molecule has 0 aliphatic heterocycles. The van der Waals surface area contributed by atoms with Gasteiger partial charge in [0.2, 0.25) is 5.91 Å². The van der Waals surface area contributed by atoms with Crippen LogP contribution in [0.25, 0.3) is 0 Å². The topological polar surface area (TPSA) is 70.5 Å². The van der Waals surface area contributed by atoms with E-state index in [1.807, 2.05) is 26.2 Å². The van der Waals surface area contributed by atoms with E-state index in [0.717, 1.165) is 22.2 Å². The fraction of sp³-hybridized carbons (Fsp3) is 0.643. The van der Waals surface area contributed by atoms with Crippen molar-refractivity contribution in [2.45, 2.75) is 45.4 Å². The summed E-state index contributed by atoms with van der Waals surface area (Å²) in [6, 6.07) is 0.0306. The summed E-state index contributed by atoms with van der Waals surface area (Å²) < 4.78 is 0. The van der Waals surface area contributed by atoms with Crippen LogP contribution in [0, 0.1) is 6.92 Å². The SMILES string of the molecule is Cc1nc(CSCCC(=O)N(CCC(=O)O)C(C)C)cs1. The second-order valence-electron chi connectivity index (χ2n) is 4.99. The smallest absolute Gasteiger partial charge is 0.305 e. The first kappa shape index (κ1) is 18.0. The third-order valence-electron chi connectivity index (χ3n) is 2.89. The lowest BCUT2D eigenvalue weighted by atomic mass is 10.2. The van der Waals surface area contributed by atoms with Gasteiger partial charge < -0.3 is 10.0 Å². The molecule has 0 aliphatic carbocycles. The van der Waals surface area contributed by atoms with Gasteiger partial charge in [-0.1, -0.05) is 0 Å². The Labute approximate surface area is 133 Å². The maximum absolute atomic E-state index is 12.1. The van der Waals surface area contributed by atoms with E-state index >= 15 is 0 Å². The van der Waals surface area contributed by atoms with E-state index in [1.54, 1.807) is 28.0 Å². The van der Waals surface area contributed by atoms with Crippen molar-refractivity contribution in [1.29, 1.82) is 0 Å². The maximum Gasteiger partial charge on any atom is 0.305 e. The number of thioether (sulfide) groups is 1. The fourth-order valence-corrected chi connectivity index (χ4v) is 3.38. The first-order chi connectivity index (χ1) is 9.90. The summed E-state index contributed by atoms with van der Waals surface area (Å²) in [5, 5.41) is 11.8. The van der Waals surface area contributed by atoms with Gasteiger partial charge in [0, 0.05) is 35.9 Å². The molecule has 0 radical (unpaired) electrons. The number of nitrogens with zero attached hydrogens (tertiary/aromatic N) is 2. The van der Waals surface area contributed by atoms with Crippen molar-refractivity contribution in [3.8, 4) is 0 Å². The number of hydrogen-bond donors (Lipinski definition) is 1. The van der Waals surface area contributed by atoms with Crippen LogP contribution in [0.15, 0.2) is 5.38 Å². The van der Waals surface area contributed by atoms with Gasteiger partial charge in [0.1, 0.15) is 0 Å². The molecule has 1 aromatic heterocycles. The molecule has 0 bridgehead atoms. The number of hydrogen-bond acceptors (Lipinski definition) is 5. The van der Waals surface area contributed by atoms with Crippen molar-refractivity contribution in [2.75, 3.05) is 12.3 Å². The van der Waals surface area contributed by atoms with Crippen LogP contribution >= 0.6 is 23.1 Å². The zero-order chi connectivity index (χ0) is 15.8. The number of thiazole rings is 1. The molecule has 7 heteroatoms. The van der Waals surface area contributed by atoms with Crippen LogP contribution < -0.4 is 0 Å². The Morgan fingerprint density at radius 3 is 2.67 bits per heavy atom. The maximum atomic E-state index is 12.1. The van der Waals surface area contributed by atoms with Gasteiger partial charge in [0.05, 0.1) is 17.1 Å². The van der Waals surface area contributed by atoms with Gasteiger partial charge >= 0.3 is 5.97 Å². The van der Waals surface area contributed by atoms with Crippen molar-refractivity contribution in [3.63, 3.8) is 0 Å². The first-order valence-electron chi connectivity index (χ1n) is 6.90. The third kappa shape index (κ3) is 6.95. The fourth-order valence-electron chi connectivity index (χ4n) is 1.84. The zero-order valence-electron chi connectivity index (χ0n) is 12.7. The van der Waals surface area contributed by atoms with Crippen molar-refractivity contribution < 1.29 is 14.7 Å². The van der Waals surface area contributed by atoms with Gasteiger partial charge in [-0.2, -0.15) is 11.8 Å². The molecule has 0 aliphatic rings. The van der Waals surface area contributed by atoms with Crippen molar-refractivity contribution in [1.82, 2.24) is 9.88 Å². The van der Waals surface area contributed by atoms with E-state index in [4.69, 9.17) is 5.11 Å². The molecule has 0 unspecified atom stereocenters.